The number of amides is 2. The van der Waals surface area contributed by atoms with Gasteiger partial charge >= 0.3 is 6.09 Å². The van der Waals surface area contributed by atoms with Gasteiger partial charge in [-0.2, -0.15) is 5.10 Å². The van der Waals surface area contributed by atoms with Crippen LogP contribution in [0, 0.1) is 0 Å². The number of hydrogen-bond acceptors (Lipinski definition) is 6. The van der Waals surface area contributed by atoms with E-state index in [2.05, 4.69) is 15.4 Å². The number of aryl methyl sites for hydroxylation is 1. The molecular formula is C20H20N6O3. The van der Waals surface area contributed by atoms with Gasteiger partial charge in [0.25, 0.3) is 5.91 Å². The van der Waals surface area contributed by atoms with Crippen LogP contribution >= 0.6 is 0 Å². The largest absolute Gasteiger partial charge is 0.446 e. The van der Waals surface area contributed by atoms with Crippen molar-refractivity contribution in [2.75, 3.05) is 11.5 Å². The Balaban J connectivity index is 1.66. The summed E-state index contributed by atoms with van der Waals surface area (Å²) in [5.41, 5.74) is 2.48. The van der Waals surface area contributed by atoms with E-state index < -0.39 is 6.09 Å². The van der Waals surface area contributed by atoms with Crippen molar-refractivity contribution >= 4 is 23.5 Å². The number of hydrogen-bond donors (Lipinski definition) is 1. The standard InChI is InChI=1S/C20H20N6O3/c1-12-4-2-5-13-6-3-7-15(23-13)16-11-29-20(28)26(16)17-8-9-25-18(24-17)14(10-21-25)19(27)22-12/h3,6-10,12,16H,2,4-5,11H2,1H3,(H,22,27)/t12-,16-/m1/s1. The van der Waals surface area contributed by atoms with Crippen molar-refractivity contribution in [3.05, 3.63) is 53.6 Å². The molecule has 148 valence electrons. The number of carbonyl (C=O) groups is 2. The second-order valence-electron chi connectivity index (χ2n) is 7.40. The van der Waals surface area contributed by atoms with E-state index in [1.54, 1.807) is 12.3 Å². The summed E-state index contributed by atoms with van der Waals surface area (Å²) in [4.78, 5) is 36.1. The highest BCUT2D eigenvalue weighted by Gasteiger charge is 2.37. The Bertz CT molecular complexity index is 1110. The lowest BCUT2D eigenvalue weighted by Crippen LogP contribution is -2.32. The Hall–Kier alpha value is -3.49. The first-order valence-corrected chi connectivity index (χ1v) is 9.67. The lowest BCUT2D eigenvalue weighted by atomic mass is 10.1. The molecule has 9 heteroatoms. The molecular weight excluding hydrogens is 372 g/mol. The second kappa shape index (κ2) is 6.84. The predicted octanol–water partition coefficient (Wildman–Crippen LogP) is 2.28. The third-order valence-electron chi connectivity index (χ3n) is 5.34. The number of nitrogens with one attached hydrogen (secondary N) is 1. The van der Waals surface area contributed by atoms with Crippen LogP contribution in [0.15, 0.2) is 36.7 Å². The van der Waals surface area contributed by atoms with Gasteiger partial charge in [0.1, 0.15) is 24.0 Å². The van der Waals surface area contributed by atoms with Crippen LogP contribution in [0.25, 0.3) is 5.65 Å². The molecule has 0 radical (unpaired) electrons. The monoisotopic (exact) mass is 392 g/mol. The topological polar surface area (TPSA) is 102 Å². The molecule has 2 atom stereocenters. The van der Waals surface area contributed by atoms with Crippen molar-refractivity contribution in [1.29, 1.82) is 0 Å². The van der Waals surface area contributed by atoms with E-state index in [-0.39, 0.29) is 24.6 Å². The highest BCUT2D eigenvalue weighted by molar-refractivity contribution is 6.00. The molecule has 29 heavy (non-hydrogen) atoms. The third-order valence-corrected chi connectivity index (χ3v) is 5.34. The summed E-state index contributed by atoms with van der Waals surface area (Å²) in [7, 11) is 0. The van der Waals surface area contributed by atoms with Crippen LogP contribution in [-0.2, 0) is 11.2 Å². The third kappa shape index (κ3) is 3.08. The van der Waals surface area contributed by atoms with Crippen molar-refractivity contribution in [3.8, 4) is 0 Å². The van der Waals surface area contributed by atoms with Crippen LogP contribution in [0.4, 0.5) is 10.6 Å². The molecule has 0 aromatic carbocycles. The van der Waals surface area contributed by atoms with E-state index >= 15 is 0 Å². The molecule has 2 amide bonds. The Labute approximate surface area is 166 Å². The highest BCUT2D eigenvalue weighted by Crippen LogP contribution is 2.31. The number of aromatic nitrogens is 4. The van der Waals surface area contributed by atoms with Gasteiger partial charge in [0, 0.05) is 17.9 Å². The normalized spacial score (nSPS) is 22.0. The summed E-state index contributed by atoms with van der Waals surface area (Å²) >= 11 is 0. The number of nitrogens with zero attached hydrogens (tertiary/aromatic N) is 5. The molecule has 2 aliphatic heterocycles. The van der Waals surface area contributed by atoms with Gasteiger partial charge in [0.15, 0.2) is 5.65 Å². The SMILES string of the molecule is C[C@@H]1CCCc2cccc(n2)[C@H]2COC(=O)N2c2ccn3ncc(c3n2)C(=O)N1. The maximum atomic E-state index is 12.8. The summed E-state index contributed by atoms with van der Waals surface area (Å²) in [6, 6.07) is 7.15. The van der Waals surface area contributed by atoms with E-state index in [4.69, 9.17) is 9.72 Å². The number of cyclic esters (lactones) is 1. The van der Waals surface area contributed by atoms with E-state index in [0.717, 1.165) is 30.7 Å². The first-order valence-electron chi connectivity index (χ1n) is 9.67. The molecule has 3 aromatic heterocycles. The fourth-order valence-electron chi connectivity index (χ4n) is 3.83. The molecule has 9 nitrogen and oxygen atoms in total. The summed E-state index contributed by atoms with van der Waals surface area (Å²) in [6.07, 6.45) is 5.20. The molecule has 5 heterocycles. The number of pyridine rings is 1. The molecule has 1 N–H and O–H groups in total. The first-order chi connectivity index (χ1) is 14.1. The first kappa shape index (κ1) is 17.6. The predicted molar refractivity (Wildman–Crippen MR) is 104 cm³/mol. The molecule has 0 aliphatic carbocycles. The van der Waals surface area contributed by atoms with E-state index in [1.165, 1.54) is 15.6 Å². The zero-order valence-corrected chi connectivity index (χ0v) is 15.9. The van der Waals surface area contributed by atoms with Gasteiger partial charge in [0.2, 0.25) is 0 Å². The maximum Gasteiger partial charge on any atom is 0.416 e. The summed E-state index contributed by atoms with van der Waals surface area (Å²) in [5, 5.41) is 7.22. The van der Waals surface area contributed by atoms with Crippen molar-refractivity contribution in [2.45, 2.75) is 38.3 Å². The number of ether oxygens (including phenoxy) is 1. The van der Waals surface area contributed by atoms with Crippen molar-refractivity contribution < 1.29 is 14.3 Å². The second-order valence-corrected chi connectivity index (χ2v) is 7.40. The zero-order chi connectivity index (χ0) is 20.0. The van der Waals surface area contributed by atoms with Gasteiger partial charge < -0.3 is 10.1 Å². The summed E-state index contributed by atoms with van der Waals surface area (Å²) in [6.45, 7) is 2.18. The minimum atomic E-state index is -0.484. The smallest absolute Gasteiger partial charge is 0.416 e. The molecule has 2 aliphatic rings. The molecule has 5 rings (SSSR count). The Morgan fingerprint density at radius 3 is 3.00 bits per heavy atom. The van der Waals surface area contributed by atoms with Crippen LogP contribution in [0.5, 0.6) is 0 Å². The number of carbonyl (C=O) groups excluding carboxylic acids is 2. The van der Waals surface area contributed by atoms with Gasteiger partial charge in [-0.3, -0.25) is 9.78 Å². The number of fused-ring (bicyclic) bond motifs is 6. The molecule has 3 aromatic rings. The lowest BCUT2D eigenvalue weighted by molar-refractivity contribution is 0.0939. The van der Waals surface area contributed by atoms with Gasteiger partial charge in [-0.15, -0.1) is 0 Å². The van der Waals surface area contributed by atoms with Crippen molar-refractivity contribution in [1.82, 2.24) is 24.9 Å². The maximum absolute atomic E-state index is 12.8. The molecule has 0 spiro atoms. The quantitative estimate of drug-likeness (QED) is 0.630. The number of rotatable bonds is 0. The summed E-state index contributed by atoms with van der Waals surface area (Å²) in [5.74, 6) is 0.168. The Kier molecular flexibility index (Phi) is 4.15. The van der Waals surface area contributed by atoms with Gasteiger partial charge in [0.05, 0.1) is 11.9 Å². The van der Waals surface area contributed by atoms with Crippen LogP contribution in [0.1, 0.15) is 47.6 Å². The molecule has 4 bridgehead atoms. The molecule has 1 fully saturated rings. The summed E-state index contributed by atoms with van der Waals surface area (Å²) < 4.78 is 6.83. The van der Waals surface area contributed by atoms with Crippen LogP contribution in [0.2, 0.25) is 0 Å². The van der Waals surface area contributed by atoms with E-state index in [9.17, 15) is 9.59 Å². The minimum Gasteiger partial charge on any atom is -0.446 e. The average molecular weight is 392 g/mol. The van der Waals surface area contributed by atoms with Crippen LogP contribution in [-0.4, -0.2) is 44.2 Å². The zero-order valence-electron chi connectivity index (χ0n) is 15.9. The molecule has 0 saturated carbocycles. The van der Waals surface area contributed by atoms with Gasteiger partial charge in [-0.05, 0) is 44.4 Å². The number of anilines is 1. The lowest BCUT2D eigenvalue weighted by Gasteiger charge is -2.20. The van der Waals surface area contributed by atoms with E-state index in [1.807, 2.05) is 25.1 Å². The molecule has 1 saturated heterocycles. The molecule has 0 unspecified atom stereocenters. The van der Waals surface area contributed by atoms with Crippen LogP contribution < -0.4 is 10.2 Å². The average Bonchev–Trinajstić information content (AvgIpc) is 3.30. The fraction of sp³-hybridized carbons (Fsp3) is 0.350. The fourth-order valence-corrected chi connectivity index (χ4v) is 3.83. The Morgan fingerprint density at radius 1 is 1.21 bits per heavy atom. The van der Waals surface area contributed by atoms with E-state index in [0.29, 0.717) is 17.0 Å². The van der Waals surface area contributed by atoms with Gasteiger partial charge in [-0.25, -0.2) is 19.2 Å². The highest BCUT2D eigenvalue weighted by atomic mass is 16.6. The minimum absolute atomic E-state index is 0.00653. The van der Waals surface area contributed by atoms with Crippen LogP contribution in [0.3, 0.4) is 0 Å². The van der Waals surface area contributed by atoms with Crippen molar-refractivity contribution in [3.63, 3.8) is 0 Å². The van der Waals surface area contributed by atoms with Gasteiger partial charge in [-0.1, -0.05) is 6.07 Å². The van der Waals surface area contributed by atoms with Crippen molar-refractivity contribution in [2.24, 2.45) is 0 Å². The Morgan fingerprint density at radius 2 is 2.10 bits per heavy atom.